The molecule has 1 nitrogen and oxygen atoms in total. The highest BCUT2D eigenvalue weighted by Gasteiger charge is 2.69. The molecule has 0 aromatic carbocycles. The van der Waals surface area contributed by atoms with Crippen LogP contribution in [0.2, 0.25) is 0 Å². The highest BCUT2D eigenvalue weighted by atomic mass is 32.2. The fraction of sp³-hybridized carbons (Fsp3) is 0.933. The van der Waals surface area contributed by atoms with Crippen LogP contribution in [0, 0.1) is 22.7 Å². The normalized spacial score (nSPS) is 54.8. The van der Waals surface area contributed by atoms with Gasteiger partial charge in [-0.1, -0.05) is 13.8 Å². The Morgan fingerprint density at radius 2 is 2.06 bits per heavy atom. The molecular weight excluding hydrogens is 228 g/mol. The molecule has 1 heterocycles. The first-order valence-corrected chi connectivity index (χ1v) is 8.19. The quantitative estimate of drug-likeness (QED) is 0.706. The van der Waals surface area contributed by atoms with Gasteiger partial charge < -0.3 is 0 Å². The molecule has 4 bridgehead atoms. The van der Waals surface area contributed by atoms with E-state index in [0.717, 1.165) is 17.6 Å². The molecule has 0 amide bonds. The van der Waals surface area contributed by atoms with Crippen LogP contribution in [0.1, 0.15) is 52.4 Å². The number of ketones is 1. The molecule has 0 radical (unpaired) electrons. The number of carbonyl (C=O) groups is 1. The summed E-state index contributed by atoms with van der Waals surface area (Å²) < 4.78 is 0. The van der Waals surface area contributed by atoms with E-state index >= 15 is 0 Å². The lowest BCUT2D eigenvalue weighted by Gasteiger charge is -2.44. The van der Waals surface area contributed by atoms with Crippen LogP contribution in [0.25, 0.3) is 0 Å². The number of rotatable bonds is 1. The molecule has 94 valence electrons. The number of carbonyl (C=O) groups excluding carboxylic acids is 1. The summed E-state index contributed by atoms with van der Waals surface area (Å²) >= 11 is 2.19. The van der Waals surface area contributed by atoms with Crippen LogP contribution in [0.5, 0.6) is 0 Å². The summed E-state index contributed by atoms with van der Waals surface area (Å²) in [4.78, 5) is 12.6. The van der Waals surface area contributed by atoms with E-state index in [1.54, 1.807) is 0 Å². The predicted molar refractivity (Wildman–Crippen MR) is 71.1 cm³/mol. The number of Topliss-reactive ketones (excluding diaryl/α,β-unsaturated/α-hetero) is 1. The van der Waals surface area contributed by atoms with Crippen molar-refractivity contribution >= 4 is 17.5 Å². The Morgan fingerprint density at radius 1 is 1.24 bits per heavy atom. The maximum atomic E-state index is 12.6. The zero-order valence-electron chi connectivity index (χ0n) is 10.9. The van der Waals surface area contributed by atoms with E-state index in [4.69, 9.17) is 0 Å². The molecule has 3 aliphatic carbocycles. The molecule has 0 N–H and O–H groups in total. The fourth-order valence-corrected chi connectivity index (χ4v) is 7.89. The Labute approximate surface area is 108 Å². The van der Waals surface area contributed by atoms with Gasteiger partial charge in [0, 0.05) is 22.3 Å². The Morgan fingerprint density at radius 3 is 2.53 bits per heavy atom. The lowest BCUT2D eigenvalue weighted by atomic mass is 9.64. The van der Waals surface area contributed by atoms with Crippen molar-refractivity contribution in [2.45, 2.75) is 62.9 Å². The van der Waals surface area contributed by atoms with Crippen molar-refractivity contribution in [1.29, 1.82) is 0 Å². The summed E-state index contributed by atoms with van der Waals surface area (Å²) in [5.74, 6) is 2.18. The third-order valence-electron chi connectivity index (χ3n) is 6.66. The molecule has 0 aromatic heterocycles. The van der Waals surface area contributed by atoms with Crippen molar-refractivity contribution in [3.05, 3.63) is 0 Å². The van der Waals surface area contributed by atoms with E-state index in [9.17, 15) is 4.79 Å². The molecule has 3 saturated carbocycles. The van der Waals surface area contributed by atoms with E-state index in [0.29, 0.717) is 17.0 Å². The Hall–Kier alpha value is 0.0200. The van der Waals surface area contributed by atoms with Gasteiger partial charge in [0.1, 0.15) is 5.78 Å². The lowest BCUT2D eigenvalue weighted by molar-refractivity contribution is -0.130. The summed E-state index contributed by atoms with van der Waals surface area (Å²) in [6.45, 7) is 4.78. The highest BCUT2D eigenvalue weighted by Crippen LogP contribution is 2.71. The smallest absolute Gasteiger partial charge is 0.140 e. The largest absolute Gasteiger partial charge is 0.299 e. The Balaban J connectivity index is 1.78. The van der Waals surface area contributed by atoms with Crippen LogP contribution in [-0.2, 0) is 4.79 Å². The molecule has 4 fully saturated rings. The molecule has 0 spiro atoms. The summed E-state index contributed by atoms with van der Waals surface area (Å²) in [6.07, 6.45) is 7.63. The molecule has 5 atom stereocenters. The van der Waals surface area contributed by atoms with Gasteiger partial charge in [0.15, 0.2) is 0 Å². The van der Waals surface area contributed by atoms with Crippen molar-refractivity contribution in [3.8, 4) is 0 Å². The maximum absolute atomic E-state index is 12.6. The zero-order chi connectivity index (χ0) is 11.8. The van der Waals surface area contributed by atoms with E-state index in [2.05, 4.69) is 25.6 Å². The standard InChI is InChI=1S/C15H22OS/c1-14(2)10-5-6-15(14,12(16)8-10)13-9-3-4-11(7-9)17-13/h9-11,13H,3-8H2,1-2H3/t9-,10?,11+,13+,15?/m0/s1. The van der Waals surface area contributed by atoms with Crippen LogP contribution in [-0.4, -0.2) is 16.3 Å². The maximum Gasteiger partial charge on any atom is 0.140 e. The third kappa shape index (κ3) is 1.08. The van der Waals surface area contributed by atoms with Crippen LogP contribution >= 0.6 is 11.8 Å². The van der Waals surface area contributed by atoms with Crippen molar-refractivity contribution in [2.75, 3.05) is 0 Å². The van der Waals surface area contributed by atoms with Gasteiger partial charge in [-0.15, -0.1) is 0 Å². The monoisotopic (exact) mass is 250 g/mol. The predicted octanol–water partition coefficient (Wildman–Crippen LogP) is 3.67. The van der Waals surface area contributed by atoms with Crippen molar-refractivity contribution in [1.82, 2.24) is 0 Å². The Kier molecular flexibility index (Phi) is 2.00. The molecule has 1 saturated heterocycles. The highest BCUT2D eigenvalue weighted by molar-refractivity contribution is 8.00. The van der Waals surface area contributed by atoms with E-state index < -0.39 is 0 Å². The molecule has 2 heteroatoms. The fourth-order valence-electron chi connectivity index (χ4n) is 5.59. The van der Waals surface area contributed by atoms with E-state index in [-0.39, 0.29) is 10.8 Å². The second-order valence-corrected chi connectivity index (χ2v) is 8.75. The Bertz CT molecular complexity index is 388. The van der Waals surface area contributed by atoms with Gasteiger partial charge in [0.2, 0.25) is 0 Å². The third-order valence-corrected chi connectivity index (χ3v) is 8.56. The van der Waals surface area contributed by atoms with Gasteiger partial charge in [-0.05, 0) is 49.4 Å². The molecule has 4 rings (SSSR count). The first-order valence-electron chi connectivity index (χ1n) is 7.24. The van der Waals surface area contributed by atoms with Crippen molar-refractivity contribution in [3.63, 3.8) is 0 Å². The molecular formula is C15H22OS. The number of hydrogen-bond donors (Lipinski definition) is 0. The van der Waals surface area contributed by atoms with Gasteiger partial charge in [0.25, 0.3) is 0 Å². The van der Waals surface area contributed by atoms with Gasteiger partial charge in [-0.25, -0.2) is 0 Å². The lowest BCUT2D eigenvalue weighted by Crippen LogP contribution is -2.47. The van der Waals surface area contributed by atoms with Crippen LogP contribution in [0.4, 0.5) is 0 Å². The second-order valence-electron chi connectivity index (χ2n) is 7.31. The second kappa shape index (κ2) is 3.12. The topological polar surface area (TPSA) is 17.1 Å². The molecule has 4 aliphatic rings. The van der Waals surface area contributed by atoms with E-state index in [1.165, 1.54) is 32.1 Å². The average molecular weight is 250 g/mol. The SMILES string of the molecule is CC1(C)C2CCC1([C@@H]1S[C@@H]3CC[C@H]1C3)C(=O)C2. The summed E-state index contributed by atoms with van der Waals surface area (Å²) in [7, 11) is 0. The van der Waals surface area contributed by atoms with Gasteiger partial charge in [-0.2, -0.15) is 11.8 Å². The minimum absolute atomic E-state index is 0.0716. The van der Waals surface area contributed by atoms with E-state index in [1.807, 2.05) is 0 Å². The molecule has 2 unspecified atom stereocenters. The summed E-state index contributed by atoms with van der Waals surface area (Å²) in [6, 6.07) is 0. The van der Waals surface area contributed by atoms with Crippen molar-refractivity contribution in [2.24, 2.45) is 22.7 Å². The average Bonchev–Trinajstić information content (AvgIpc) is 2.98. The minimum Gasteiger partial charge on any atom is -0.299 e. The first-order chi connectivity index (χ1) is 8.05. The van der Waals surface area contributed by atoms with Crippen molar-refractivity contribution < 1.29 is 4.79 Å². The van der Waals surface area contributed by atoms with Gasteiger partial charge >= 0.3 is 0 Å². The van der Waals surface area contributed by atoms with Crippen LogP contribution in [0.15, 0.2) is 0 Å². The number of thioether (sulfide) groups is 1. The summed E-state index contributed by atoms with van der Waals surface area (Å²) in [5.41, 5.74) is 0.356. The molecule has 0 aromatic rings. The number of fused-ring (bicyclic) bond motifs is 4. The number of hydrogen-bond acceptors (Lipinski definition) is 2. The minimum atomic E-state index is 0.0716. The first kappa shape index (κ1) is 10.9. The van der Waals surface area contributed by atoms with Gasteiger partial charge in [-0.3, -0.25) is 4.79 Å². The summed E-state index contributed by atoms with van der Waals surface area (Å²) in [5, 5.41) is 1.57. The van der Waals surface area contributed by atoms with Gasteiger partial charge in [0.05, 0.1) is 0 Å². The molecule has 1 aliphatic heterocycles. The van der Waals surface area contributed by atoms with Crippen LogP contribution in [0.3, 0.4) is 0 Å². The van der Waals surface area contributed by atoms with Crippen LogP contribution < -0.4 is 0 Å². The molecule has 17 heavy (non-hydrogen) atoms. The zero-order valence-corrected chi connectivity index (χ0v) is 11.7.